The fourth-order valence-electron chi connectivity index (χ4n) is 1.86. The van der Waals surface area contributed by atoms with Crippen LogP contribution in [-0.2, 0) is 17.6 Å². The topological polar surface area (TPSA) is 52.4 Å². The van der Waals surface area contributed by atoms with Crippen LogP contribution in [0.1, 0.15) is 11.1 Å². The molecule has 0 spiro atoms. The van der Waals surface area contributed by atoms with Crippen LogP contribution >= 0.6 is 11.6 Å². The zero-order valence-electron chi connectivity index (χ0n) is 11.4. The first-order valence-corrected chi connectivity index (χ1v) is 6.94. The summed E-state index contributed by atoms with van der Waals surface area (Å²) in [7, 11) is 0. The highest BCUT2D eigenvalue weighted by molar-refractivity contribution is 6.31. The fraction of sp³-hybridized carbons (Fsp3) is 0.188. The van der Waals surface area contributed by atoms with Gasteiger partial charge in [0.15, 0.2) is 0 Å². The highest BCUT2D eigenvalue weighted by Crippen LogP contribution is 2.16. The second kappa shape index (κ2) is 7.76. The summed E-state index contributed by atoms with van der Waals surface area (Å²) < 4.78 is 5.46. The van der Waals surface area contributed by atoms with E-state index in [2.05, 4.69) is 0 Å². The average Bonchev–Trinajstić information content (AvgIpc) is 2.49. The smallest absolute Gasteiger partial charge is 0.269 e. The number of hydrogen-bond acceptors (Lipinski definition) is 3. The Morgan fingerprint density at radius 1 is 1.14 bits per heavy atom. The first-order valence-electron chi connectivity index (χ1n) is 6.57. The summed E-state index contributed by atoms with van der Waals surface area (Å²) in [5.74, 6) is 0. The van der Waals surface area contributed by atoms with Crippen molar-refractivity contribution in [2.75, 3.05) is 6.61 Å². The third-order valence-electron chi connectivity index (χ3n) is 3.03. The number of nitro benzene ring substituents is 1. The van der Waals surface area contributed by atoms with Crippen molar-refractivity contribution in [3.63, 3.8) is 0 Å². The van der Waals surface area contributed by atoms with E-state index < -0.39 is 4.92 Å². The quantitative estimate of drug-likeness (QED) is 0.437. The Morgan fingerprint density at radius 2 is 1.86 bits per heavy atom. The van der Waals surface area contributed by atoms with Gasteiger partial charge in [-0.05, 0) is 23.6 Å². The molecule has 0 aromatic heterocycles. The summed E-state index contributed by atoms with van der Waals surface area (Å²) >= 11 is 6.05. The van der Waals surface area contributed by atoms with Gasteiger partial charge in [0.05, 0.1) is 18.1 Å². The van der Waals surface area contributed by atoms with E-state index in [0.29, 0.717) is 13.0 Å². The number of non-ortho nitro benzene ring substituents is 1. The van der Waals surface area contributed by atoms with Gasteiger partial charge in [-0.25, -0.2) is 0 Å². The molecule has 0 bridgehead atoms. The Labute approximate surface area is 128 Å². The highest BCUT2D eigenvalue weighted by Gasteiger charge is 2.04. The number of nitrogens with zero attached hydrogens (tertiary/aromatic N) is 1. The molecule has 0 saturated heterocycles. The lowest BCUT2D eigenvalue weighted by Gasteiger charge is -2.05. The zero-order valence-corrected chi connectivity index (χ0v) is 12.1. The van der Waals surface area contributed by atoms with Crippen LogP contribution in [0.2, 0.25) is 5.02 Å². The van der Waals surface area contributed by atoms with Gasteiger partial charge in [0.1, 0.15) is 0 Å². The van der Waals surface area contributed by atoms with Gasteiger partial charge in [-0.2, -0.15) is 0 Å². The number of halogens is 1. The Morgan fingerprint density at radius 3 is 2.52 bits per heavy atom. The molecule has 0 fully saturated rings. The lowest BCUT2D eigenvalue weighted by atomic mass is 10.1. The van der Waals surface area contributed by atoms with Gasteiger partial charge >= 0.3 is 0 Å². The van der Waals surface area contributed by atoms with Gasteiger partial charge in [-0.3, -0.25) is 10.1 Å². The minimum absolute atomic E-state index is 0.0957. The average molecular weight is 305 g/mol. The van der Waals surface area contributed by atoms with Crippen LogP contribution in [0.25, 0.3) is 0 Å². The van der Waals surface area contributed by atoms with Crippen molar-refractivity contribution in [1.82, 2.24) is 0 Å². The number of ether oxygens (including phenoxy) is 1. The standard InChI is InChI=1S/C16H15ClNO3/c17-16-4-2-1-3-14(16)10-12-21-11-9-13-5-7-15(8-6-13)18(19)20/h1-8,11H,9-10,12H2. The van der Waals surface area contributed by atoms with Crippen molar-refractivity contribution in [3.05, 3.63) is 81.4 Å². The van der Waals surface area contributed by atoms with Crippen LogP contribution in [0, 0.1) is 16.7 Å². The maximum atomic E-state index is 10.5. The molecule has 2 rings (SSSR count). The van der Waals surface area contributed by atoms with E-state index in [4.69, 9.17) is 16.3 Å². The van der Waals surface area contributed by atoms with E-state index in [-0.39, 0.29) is 5.69 Å². The molecule has 0 aliphatic rings. The van der Waals surface area contributed by atoms with Crippen molar-refractivity contribution in [3.8, 4) is 0 Å². The van der Waals surface area contributed by atoms with Gasteiger partial charge in [-0.1, -0.05) is 41.9 Å². The van der Waals surface area contributed by atoms with E-state index in [1.165, 1.54) is 12.1 Å². The first kappa shape index (κ1) is 15.5. The molecule has 2 aromatic rings. The number of benzene rings is 2. The van der Waals surface area contributed by atoms with Crippen LogP contribution in [-0.4, -0.2) is 11.5 Å². The molecule has 0 N–H and O–H groups in total. The van der Waals surface area contributed by atoms with Crippen molar-refractivity contribution in [2.24, 2.45) is 0 Å². The minimum Gasteiger partial charge on any atom is -0.375 e. The molecule has 5 heteroatoms. The first-order chi connectivity index (χ1) is 10.2. The molecule has 0 aliphatic carbocycles. The molecule has 2 aromatic carbocycles. The molecule has 0 unspecified atom stereocenters. The van der Waals surface area contributed by atoms with Crippen molar-refractivity contribution >= 4 is 17.3 Å². The van der Waals surface area contributed by atoms with Crippen molar-refractivity contribution in [1.29, 1.82) is 0 Å². The van der Waals surface area contributed by atoms with Gasteiger partial charge in [0, 0.05) is 23.6 Å². The summed E-state index contributed by atoms with van der Waals surface area (Å²) in [5, 5.41) is 11.3. The van der Waals surface area contributed by atoms with Crippen LogP contribution in [0.5, 0.6) is 0 Å². The molecule has 21 heavy (non-hydrogen) atoms. The fourth-order valence-corrected chi connectivity index (χ4v) is 2.09. The van der Waals surface area contributed by atoms with Crippen LogP contribution in [0.3, 0.4) is 0 Å². The highest BCUT2D eigenvalue weighted by atomic mass is 35.5. The lowest BCUT2D eigenvalue weighted by molar-refractivity contribution is -0.384. The molecule has 0 aliphatic heterocycles. The van der Waals surface area contributed by atoms with E-state index in [9.17, 15) is 10.1 Å². The molecule has 0 atom stereocenters. The van der Waals surface area contributed by atoms with E-state index >= 15 is 0 Å². The zero-order chi connectivity index (χ0) is 15.1. The van der Waals surface area contributed by atoms with Crippen molar-refractivity contribution < 1.29 is 9.66 Å². The summed E-state index contributed by atoms with van der Waals surface area (Å²) in [4.78, 5) is 10.1. The predicted octanol–water partition coefficient (Wildman–Crippen LogP) is 4.21. The van der Waals surface area contributed by atoms with E-state index in [1.807, 2.05) is 24.3 Å². The number of rotatable bonds is 7. The van der Waals surface area contributed by atoms with Crippen LogP contribution in [0.15, 0.2) is 48.5 Å². The van der Waals surface area contributed by atoms with Gasteiger partial charge in [0.25, 0.3) is 5.69 Å². The monoisotopic (exact) mass is 304 g/mol. The van der Waals surface area contributed by atoms with Gasteiger partial charge in [-0.15, -0.1) is 0 Å². The van der Waals surface area contributed by atoms with Crippen molar-refractivity contribution in [2.45, 2.75) is 12.8 Å². The molecule has 0 saturated carbocycles. The van der Waals surface area contributed by atoms with E-state index in [0.717, 1.165) is 22.6 Å². The van der Waals surface area contributed by atoms with E-state index in [1.54, 1.807) is 18.7 Å². The summed E-state index contributed by atoms with van der Waals surface area (Å²) in [6, 6.07) is 14.1. The Kier molecular flexibility index (Phi) is 5.72. The SMILES string of the molecule is O=[N+]([O-])c1ccc(C[CH]OCCc2ccccc2Cl)cc1. The summed E-state index contributed by atoms with van der Waals surface area (Å²) in [6.45, 7) is 2.26. The maximum Gasteiger partial charge on any atom is 0.269 e. The van der Waals surface area contributed by atoms with Gasteiger partial charge in [0.2, 0.25) is 0 Å². The predicted molar refractivity (Wildman–Crippen MR) is 82.2 cm³/mol. The minimum atomic E-state index is -0.409. The molecule has 4 nitrogen and oxygen atoms in total. The Balaban J connectivity index is 1.70. The molecule has 0 heterocycles. The van der Waals surface area contributed by atoms with Gasteiger partial charge < -0.3 is 4.74 Å². The van der Waals surface area contributed by atoms with Crippen LogP contribution in [0.4, 0.5) is 5.69 Å². The third kappa shape index (κ3) is 4.85. The number of hydrogen-bond donors (Lipinski definition) is 0. The largest absolute Gasteiger partial charge is 0.375 e. The lowest BCUT2D eigenvalue weighted by Crippen LogP contribution is -1.99. The third-order valence-corrected chi connectivity index (χ3v) is 3.40. The summed E-state index contributed by atoms with van der Waals surface area (Å²) in [6.07, 6.45) is 1.36. The molecular formula is C16H15ClNO3. The normalized spacial score (nSPS) is 10.5. The second-order valence-electron chi connectivity index (χ2n) is 4.51. The molecular weight excluding hydrogens is 290 g/mol. The Bertz CT molecular complexity index is 599. The number of nitro groups is 1. The van der Waals surface area contributed by atoms with Crippen LogP contribution < -0.4 is 0 Å². The molecule has 1 radical (unpaired) electrons. The maximum absolute atomic E-state index is 10.5. The molecule has 0 amide bonds. The Hall–Kier alpha value is -1.91. The molecule has 109 valence electrons. The second-order valence-corrected chi connectivity index (χ2v) is 4.91. The summed E-state index contributed by atoms with van der Waals surface area (Å²) in [5.41, 5.74) is 2.12.